The second kappa shape index (κ2) is 7.41. The lowest BCUT2D eigenvalue weighted by Crippen LogP contribution is -2.15. The van der Waals surface area contributed by atoms with Gasteiger partial charge < -0.3 is 10.1 Å². The summed E-state index contributed by atoms with van der Waals surface area (Å²) in [7, 11) is 1.64. The number of nitrogens with zero attached hydrogens (tertiary/aromatic N) is 1. The van der Waals surface area contributed by atoms with E-state index in [1.54, 1.807) is 13.3 Å². The molecular weight excluding hydrogens is 407 g/mol. The molecule has 0 saturated heterocycles. The molecule has 1 N–H and O–H groups in total. The Hall–Kier alpha value is -0.620. The smallest absolute Gasteiger partial charge is 0.124 e. The van der Waals surface area contributed by atoms with Crippen molar-refractivity contribution in [2.24, 2.45) is 0 Å². The van der Waals surface area contributed by atoms with Crippen LogP contribution in [0.4, 0.5) is 0 Å². The summed E-state index contributed by atoms with van der Waals surface area (Å²) in [6.07, 6.45) is 1.78. The maximum absolute atomic E-state index is 6.19. The molecule has 0 aliphatic rings. The molecule has 0 aliphatic heterocycles. The third-order valence-electron chi connectivity index (χ3n) is 2.77. The molecule has 0 bridgehead atoms. The molecule has 0 amide bonds. The summed E-state index contributed by atoms with van der Waals surface area (Å²) in [5, 5.41) is 4.02. The van der Waals surface area contributed by atoms with E-state index in [-0.39, 0.29) is 0 Å². The number of pyridine rings is 1. The fourth-order valence-electron chi connectivity index (χ4n) is 1.78. The maximum atomic E-state index is 6.19. The van der Waals surface area contributed by atoms with Gasteiger partial charge in [-0.25, -0.2) is 0 Å². The quantitative estimate of drug-likeness (QED) is 0.770. The standard InChI is InChI=1S/C14H13Br2ClN2O/c1-20-14-4-2-3-12(17)10(14)7-18-8-13-11(16)5-9(15)6-19-13/h2-6,18H,7-8H2,1H3. The molecule has 0 radical (unpaired) electrons. The lowest BCUT2D eigenvalue weighted by atomic mass is 10.2. The van der Waals surface area contributed by atoms with Gasteiger partial charge in [0.2, 0.25) is 0 Å². The Morgan fingerprint density at radius 1 is 1.30 bits per heavy atom. The van der Waals surface area contributed by atoms with Crippen LogP contribution in [0.3, 0.4) is 0 Å². The van der Waals surface area contributed by atoms with Crippen LogP contribution in [0.1, 0.15) is 11.3 Å². The van der Waals surface area contributed by atoms with Crippen molar-refractivity contribution in [2.45, 2.75) is 13.1 Å². The second-order valence-electron chi connectivity index (χ2n) is 4.11. The molecule has 0 atom stereocenters. The van der Waals surface area contributed by atoms with E-state index < -0.39 is 0 Å². The molecule has 6 heteroatoms. The summed E-state index contributed by atoms with van der Waals surface area (Å²) in [5.74, 6) is 0.785. The number of hydrogen-bond donors (Lipinski definition) is 1. The minimum absolute atomic E-state index is 0.618. The molecule has 20 heavy (non-hydrogen) atoms. The summed E-state index contributed by atoms with van der Waals surface area (Å²) in [6, 6.07) is 7.60. The molecule has 106 valence electrons. The molecule has 1 aromatic carbocycles. The van der Waals surface area contributed by atoms with E-state index in [2.05, 4.69) is 42.2 Å². The summed E-state index contributed by atoms with van der Waals surface area (Å²) in [6.45, 7) is 1.26. The number of rotatable bonds is 5. The largest absolute Gasteiger partial charge is 0.496 e. The fourth-order valence-corrected chi connectivity index (χ4v) is 3.14. The van der Waals surface area contributed by atoms with E-state index in [1.165, 1.54) is 0 Å². The number of benzene rings is 1. The topological polar surface area (TPSA) is 34.1 Å². The Bertz CT molecular complexity index is 608. The maximum Gasteiger partial charge on any atom is 0.124 e. The van der Waals surface area contributed by atoms with E-state index in [0.29, 0.717) is 18.1 Å². The van der Waals surface area contributed by atoms with Gasteiger partial charge in [-0.2, -0.15) is 0 Å². The molecule has 0 unspecified atom stereocenters. The van der Waals surface area contributed by atoms with Crippen molar-refractivity contribution in [1.82, 2.24) is 10.3 Å². The van der Waals surface area contributed by atoms with Crippen LogP contribution < -0.4 is 10.1 Å². The minimum Gasteiger partial charge on any atom is -0.496 e. The first kappa shape index (κ1) is 15.8. The summed E-state index contributed by atoms with van der Waals surface area (Å²) < 4.78 is 7.22. The van der Waals surface area contributed by atoms with Gasteiger partial charge in [-0.05, 0) is 50.1 Å². The number of ether oxygens (including phenoxy) is 1. The van der Waals surface area contributed by atoms with Crippen molar-refractivity contribution >= 4 is 43.5 Å². The molecule has 2 aromatic rings. The number of hydrogen-bond acceptors (Lipinski definition) is 3. The molecule has 3 nitrogen and oxygen atoms in total. The van der Waals surface area contributed by atoms with Crippen molar-refractivity contribution in [3.63, 3.8) is 0 Å². The minimum atomic E-state index is 0.618. The zero-order valence-corrected chi connectivity index (χ0v) is 14.7. The molecule has 0 spiro atoms. The Labute approximate surface area is 140 Å². The van der Waals surface area contributed by atoms with Crippen molar-refractivity contribution in [2.75, 3.05) is 7.11 Å². The average molecular weight is 421 g/mol. The van der Waals surface area contributed by atoms with Crippen molar-refractivity contribution in [3.8, 4) is 5.75 Å². The van der Waals surface area contributed by atoms with Crippen LogP contribution in [0, 0.1) is 0 Å². The molecule has 1 aromatic heterocycles. The molecule has 1 heterocycles. The van der Waals surface area contributed by atoms with Gasteiger partial charge in [0.15, 0.2) is 0 Å². The van der Waals surface area contributed by atoms with Gasteiger partial charge >= 0.3 is 0 Å². The summed E-state index contributed by atoms with van der Waals surface area (Å²) in [4.78, 5) is 4.35. The highest BCUT2D eigenvalue weighted by molar-refractivity contribution is 9.11. The highest BCUT2D eigenvalue weighted by atomic mass is 79.9. The molecule has 0 fully saturated rings. The molecule has 0 aliphatic carbocycles. The Morgan fingerprint density at radius 2 is 2.10 bits per heavy atom. The SMILES string of the molecule is COc1cccc(Cl)c1CNCc1ncc(Br)cc1Br. The number of nitrogens with one attached hydrogen (secondary N) is 1. The summed E-state index contributed by atoms with van der Waals surface area (Å²) >= 11 is 13.1. The molecule has 2 rings (SSSR count). The van der Waals surface area contributed by atoms with Gasteiger partial charge in [0.05, 0.1) is 12.8 Å². The van der Waals surface area contributed by atoms with E-state index in [9.17, 15) is 0 Å². The van der Waals surface area contributed by atoms with Crippen LogP contribution in [-0.2, 0) is 13.1 Å². The Balaban J connectivity index is 2.03. The zero-order chi connectivity index (χ0) is 14.5. The average Bonchev–Trinajstić information content (AvgIpc) is 2.42. The third kappa shape index (κ3) is 3.95. The van der Waals surface area contributed by atoms with Gasteiger partial charge in [0, 0.05) is 38.8 Å². The molecular formula is C14H13Br2ClN2O. The Kier molecular flexibility index (Phi) is 5.84. The van der Waals surface area contributed by atoms with Crippen molar-refractivity contribution in [1.29, 1.82) is 0 Å². The van der Waals surface area contributed by atoms with Gasteiger partial charge in [0.25, 0.3) is 0 Å². The van der Waals surface area contributed by atoms with E-state index in [4.69, 9.17) is 16.3 Å². The second-order valence-corrected chi connectivity index (χ2v) is 6.28. The van der Waals surface area contributed by atoms with E-state index >= 15 is 0 Å². The van der Waals surface area contributed by atoms with Gasteiger partial charge in [-0.1, -0.05) is 17.7 Å². The molecule has 0 saturated carbocycles. The van der Waals surface area contributed by atoms with Gasteiger partial charge in [0.1, 0.15) is 5.75 Å². The predicted molar refractivity (Wildman–Crippen MR) is 88.2 cm³/mol. The Morgan fingerprint density at radius 3 is 2.80 bits per heavy atom. The van der Waals surface area contributed by atoms with E-state index in [0.717, 1.165) is 26.0 Å². The van der Waals surface area contributed by atoms with Gasteiger partial charge in [-0.15, -0.1) is 0 Å². The lowest BCUT2D eigenvalue weighted by Gasteiger charge is -2.11. The lowest BCUT2D eigenvalue weighted by molar-refractivity contribution is 0.407. The highest BCUT2D eigenvalue weighted by Gasteiger charge is 2.08. The number of halogens is 3. The van der Waals surface area contributed by atoms with Gasteiger partial charge in [-0.3, -0.25) is 4.98 Å². The number of aromatic nitrogens is 1. The first-order valence-electron chi connectivity index (χ1n) is 5.94. The normalized spacial score (nSPS) is 10.6. The number of methoxy groups -OCH3 is 1. The fraction of sp³-hybridized carbons (Fsp3) is 0.214. The first-order chi connectivity index (χ1) is 9.61. The predicted octanol–water partition coefficient (Wildman–Crippen LogP) is 4.56. The zero-order valence-electron chi connectivity index (χ0n) is 10.8. The summed E-state index contributed by atoms with van der Waals surface area (Å²) in [5.41, 5.74) is 1.89. The van der Waals surface area contributed by atoms with Crippen molar-refractivity contribution < 1.29 is 4.74 Å². The van der Waals surface area contributed by atoms with Crippen LogP contribution >= 0.6 is 43.5 Å². The van der Waals surface area contributed by atoms with Crippen LogP contribution in [-0.4, -0.2) is 12.1 Å². The first-order valence-corrected chi connectivity index (χ1v) is 7.90. The monoisotopic (exact) mass is 418 g/mol. The van der Waals surface area contributed by atoms with Crippen molar-refractivity contribution in [3.05, 3.63) is 55.7 Å². The van der Waals surface area contributed by atoms with Crippen LogP contribution in [0.25, 0.3) is 0 Å². The highest BCUT2D eigenvalue weighted by Crippen LogP contribution is 2.26. The van der Waals surface area contributed by atoms with Crippen LogP contribution in [0.2, 0.25) is 5.02 Å². The van der Waals surface area contributed by atoms with E-state index in [1.807, 2.05) is 24.3 Å². The third-order valence-corrected chi connectivity index (χ3v) is 4.25. The van der Waals surface area contributed by atoms with Crippen LogP contribution in [0.15, 0.2) is 39.4 Å². The van der Waals surface area contributed by atoms with Crippen LogP contribution in [0.5, 0.6) is 5.75 Å².